The maximum Gasteiger partial charge on any atom is 0.407 e. The number of likely N-dealkylation sites (tertiary alicyclic amines) is 1. The molecule has 25 heavy (non-hydrogen) atoms. The molecule has 1 aromatic carbocycles. The number of rotatable bonds is 1. The third-order valence-corrected chi connectivity index (χ3v) is 4.83. The van der Waals surface area contributed by atoms with Gasteiger partial charge in [-0.2, -0.15) is 0 Å². The highest BCUT2D eigenvalue weighted by Crippen LogP contribution is 2.46. The van der Waals surface area contributed by atoms with Crippen LogP contribution in [0.15, 0.2) is 18.2 Å². The third-order valence-electron chi connectivity index (χ3n) is 4.63. The lowest BCUT2D eigenvalue weighted by atomic mass is 9.60. The lowest BCUT2D eigenvalue weighted by Gasteiger charge is -2.54. The van der Waals surface area contributed by atoms with Gasteiger partial charge in [0, 0.05) is 22.5 Å². The van der Waals surface area contributed by atoms with E-state index in [4.69, 9.17) is 0 Å². The van der Waals surface area contributed by atoms with Crippen LogP contribution in [0.3, 0.4) is 0 Å². The first-order valence-electron chi connectivity index (χ1n) is 7.81. The molecule has 0 spiro atoms. The van der Waals surface area contributed by atoms with E-state index in [1.807, 2.05) is 20.8 Å². The van der Waals surface area contributed by atoms with E-state index in [-0.39, 0.29) is 18.5 Å². The minimum atomic E-state index is -1.40. The van der Waals surface area contributed by atoms with Crippen LogP contribution in [0.25, 0.3) is 0 Å². The van der Waals surface area contributed by atoms with E-state index in [1.165, 1.54) is 11.0 Å². The van der Waals surface area contributed by atoms with Crippen LogP contribution in [0.4, 0.5) is 13.6 Å². The monoisotopic (exact) mass is 415 g/mol. The van der Waals surface area contributed by atoms with Crippen LogP contribution in [0, 0.1) is 27.8 Å². The van der Waals surface area contributed by atoms with Gasteiger partial charge in [0.1, 0.15) is 5.41 Å². The molecule has 1 aromatic rings. The second-order valence-corrected chi connectivity index (χ2v) is 7.66. The van der Waals surface area contributed by atoms with Crippen molar-refractivity contribution >= 4 is 22.0 Å². The van der Waals surface area contributed by atoms with Gasteiger partial charge < -0.3 is 15.1 Å². The van der Waals surface area contributed by atoms with Crippen molar-refractivity contribution in [3.05, 3.63) is 35.4 Å². The normalized spacial score (nSPS) is 26.8. The Balaban J connectivity index is 2.81. The number of carboxylic acid groups (broad SMARTS) is 1. The lowest BCUT2D eigenvalue weighted by Crippen LogP contribution is -2.66. The molecule has 0 aliphatic carbocycles. The molecule has 1 aliphatic heterocycles. The van der Waals surface area contributed by atoms with Crippen molar-refractivity contribution in [2.75, 3.05) is 6.54 Å². The molecule has 1 fully saturated rings. The van der Waals surface area contributed by atoms with Crippen LogP contribution >= 0.6 is 15.9 Å². The fourth-order valence-electron chi connectivity index (χ4n) is 3.81. The van der Waals surface area contributed by atoms with Gasteiger partial charge in [0.15, 0.2) is 11.6 Å². The zero-order valence-electron chi connectivity index (χ0n) is 14.2. The van der Waals surface area contributed by atoms with E-state index < -0.39 is 40.7 Å². The van der Waals surface area contributed by atoms with Gasteiger partial charge in [0.05, 0.1) is 12.1 Å². The number of hydrogen-bond donors (Lipinski definition) is 2. The smallest absolute Gasteiger partial charge is 0.407 e. The molecule has 1 aliphatic rings. The molecule has 0 saturated carbocycles. The van der Waals surface area contributed by atoms with E-state index in [0.717, 1.165) is 12.1 Å². The predicted octanol–water partition coefficient (Wildman–Crippen LogP) is 3.72. The highest BCUT2D eigenvalue weighted by Gasteiger charge is 2.56. The Morgan fingerprint density at radius 3 is 2.48 bits per heavy atom. The third kappa shape index (κ3) is 3.38. The largest absolute Gasteiger partial charge is 0.465 e. The molecule has 1 amide bonds. The number of nitrogens with zero attached hydrogens (tertiary/aromatic N) is 1. The van der Waals surface area contributed by atoms with Gasteiger partial charge in [-0.05, 0) is 34.4 Å². The summed E-state index contributed by atoms with van der Waals surface area (Å²) in [6, 6.07) is 2.54. The SMILES string of the molecule is CC(C)(C)C1N(C(=O)O)CC[C@@H](O)[C@]1(C#CBr)c1ccc(F)c(F)c1. The number of benzene rings is 1. The van der Waals surface area contributed by atoms with Gasteiger partial charge >= 0.3 is 6.09 Å². The summed E-state index contributed by atoms with van der Waals surface area (Å²) in [4.78, 5) is 15.6. The maximum atomic E-state index is 13.9. The fourth-order valence-corrected chi connectivity index (χ4v) is 4.14. The molecule has 3 atom stereocenters. The van der Waals surface area contributed by atoms with Crippen LogP contribution in [0.5, 0.6) is 0 Å². The van der Waals surface area contributed by atoms with Crippen LogP contribution in [0.2, 0.25) is 0 Å². The van der Waals surface area contributed by atoms with Crippen LogP contribution in [-0.4, -0.2) is 39.9 Å². The van der Waals surface area contributed by atoms with Crippen molar-refractivity contribution in [1.82, 2.24) is 4.90 Å². The van der Waals surface area contributed by atoms with E-state index >= 15 is 0 Å². The number of hydrogen-bond acceptors (Lipinski definition) is 2. The Labute approximate surface area is 154 Å². The molecule has 2 N–H and O–H groups in total. The van der Waals surface area contributed by atoms with Gasteiger partial charge in [-0.3, -0.25) is 0 Å². The van der Waals surface area contributed by atoms with Crippen LogP contribution in [0.1, 0.15) is 32.8 Å². The molecule has 1 heterocycles. The zero-order valence-corrected chi connectivity index (χ0v) is 15.8. The number of amides is 1. The molecule has 2 rings (SSSR count). The average Bonchev–Trinajstić information content (AvgIpc) is 2.50. The predicted molar refractivity (Wildman–Crippen MR) is 93.3 cm³/mol. The van der Waals surface area contributed by atoms with Crippen molar-refractivity contribution in [2.24, 2.45) is 5.41 Å². The summed E-state index contributed by atoms with van der Waals surface area (Å²) in [5, 5.41) is 20.5. The first-order chi connectivity index (χ1) is 11.6. The molecule has 136 valence electrons. The summed E-state index contributed by atoms with van der Waals surface area (Å²) in [6.45, 7) is 5.62. The number of carbonyl (C=O) groups is 1. The van der Waals surface area contributed by atoms with Crippen molar-refractivity contribution in [3.63, 3.8) is 0 Å². The van der Waals surface area contributed by atoms with E-state index in [9.17, 15) is 23.8 Å². The molecule has 0 aromatic heterocycles. The Kier molecular flexibility index (Phi) is 5.45. The Hall–Kier alpha value is -1.65. The summed E-state index contributed by atoms with van der Waals surface area (Å²) in [5.74, 6) is 0.790. The Morgan fingerprint density at radius 1 is 1.36 bits per heavy atom. The minimum absolute atomic E-state index is 0.133. The highest BCUT2D eigenvalue weighted by atomic mass is 79.9. The molecule has 1 unspecified atom stereocenters. The topological polar surface area (TPSA) is 60.8 Å². The molecule has 0 bridgehead atoms. The molecule has 1 saturated heterocycles. The van der Waals surface area contributed by atoms with Gasteiger partial charge in [-0.1, -0.05) is 32.8 Å². The minimum Gasteiger partial charge on any atom is -0.465 e. The van der Waals surface area contributed by atoms with Crippen LogP contribution in [-0.2, 0) is 5.41 Å². The summed E-state index contributed by atoms with van der Waals surface area (Å²) in [6.07, 6.45) is -2.04. The summed E-state index contributed by atoms with van der Waals surface area (Å²) in [7, 11) is 0. The van der Waals surface area contributed by atoms with Crippen molar-refractivity contribution < 1.29 is 23.8 Å². The number of piperidine rings is 1. The summed E-state index contributed by atoms with van der Waals surface area (Å²) in [5.41, 5.74) is -1.77. The number of aliphatic hydroxyl groups is 1. The standard InChI is InChI=1S/C18H20BrF2NO3/c1-17(2,3)15-18(7-8-19,11-4-5-12(20)13(21)10-11)14(23)6-9-22(15)16(24)25/h4-5,10,14-15,23H,6,9H2,1-3H3,(H,24,25)/t14-,15?,18+/m1/s1. The van der Waals surface area contributed by atoms with Gasteiger partial charge in [0.25, 0.3) is 0 Å². The average molecular weight is 416 g/mol. The number of halogens is 3. The van der Waals surface area contributed by atoms with E-state index in [2.05, 4.69) is 26.7 Å². The zero-order chi connectivity index (χ0) is 19.0. The summed E-state index contributed by atoms with van der Waals surface area (Å²) < 4.78 is 27.3. The number of aliphatic hydroxyl groups excluding tert-OH is 1. The second-order valence-electron chi connectivity index (χ2n) is 7.27. The highest BCUT2D eigenvalue weighted by molar-refractivity contribution is 9.12. The molecular weight excluding hydrogens is 396 g/mol. The van der Waals surface area contributed by atoms with Crippen molar-refractivity contribution in [3.8, 4) is 10.8 Å². The van der Waals surface area contributed by atoms with Crippen molar-refractivity contribution in [1.29, 1.82) is 0 Å². The molecule has 0 radical (unpaired) electrons. The Bertz CT molecular complexity index is 738. The fraction of sp³-hybridized carbons (Fsp3) is 0.500. The Morgan fingerprint density at radius 2 is 2.00 bits per heavy atom. The van der Waals surface area contributed by atoms with Gasteiger partial charge in [-0.25, -0.2) is 13.6 Å². The molecule has 4 nitrogen and oxygen atoms in total. The summed E-state index contributed by atoms with van der Waals surface area (Å²) >= 11 is 3.02. The molecule has 7 heteroatoms. The lowest BCUT2D eigenvalue weighted by molar-refractivity contribution is -0.0448. The van der Waals surface area contributed by atoms with Crippen LogP contribution < -0.4 is 0 Å². The first kappa shape index (κ1) is 19.7. The van der Waals surface area contributed by atoms with E-state index in [0.29, 0.717) is 0 Å². The van der Waals surface area contributed by atoms with Gasteiger partial charge in [-0.15, -0.1) is 0 Å². The first-order valence-corrected chi connectivity index (χ1v) is 8.61. The molecular formula is C18H20BrF2NO3. The van der Waals surface area contributed by atoms with E-state index in [1.54, 1.807) is 0 Å². The second kappa shape index (κ2) is 6.93. The van der Waals surface area contributed by atoms with Crippen molar-refractivity contribution in [2.45, 2.75) is 44.8 Å². The van der Waals surface area contributed by atoms with Gasteiger partial charge in [0.2, 0.25) is 0 Å². The maximum absolute atomic E-state index is 13.9. The quantitative estimate of drug-likeness (QED) is 0.687.